The molecule has 1 aliphatic rings. The minimum Gasteiger partial charge on any atom is -0.337 e. The maximum absolute atomic E-state index is 12.4. The van der Waals surface area contributed by atoms with Crippen LogP contribution in [-0.2, 0) is 0 Å². The zero-order valence-corrected chi connectivity index (χ0v) is 11.5. The monoisotopic (exact) mass is 262 g/mol. The zero-order valence-electron chi connectivity index (χ0n) is 11.5. The van der Waals surface area contributed by atoms with Gasteiger partial charge in [-0.15, -0.1) is 0 Å². The number of amides is 1. The number of aromatic nitrogens is 2. The molecule has 104 valence electrons. The summed E-state index contributed by atoms with van der Waals surface area (Å²) in [6, 6.07) is 0.425. The molecule has 1 unspecified atom stereocenters. The molecule has 5 heteroatoms. The minimum absolute atomic E-state index is 0.0369. The van der Waals surface area contributed by atoms with Gasteiger partial charge in [-0.25, -0.2) is 9.97 Å². The molecule has 1 amide bonds. The first-order valence-corrected chi connectivity index (χ1v) is 7.09. The van der Waals surface area contributed by atoms with Crippen LogP contribution in [0.3, 0.4) is 0 Å². The average Bonchev–Trinajstić information content (AvgIpc) is 2.48. The Morgan fingerprint density at radius 1 is 1.42 bits per heavy atom. The molecule has 0 radical (unpaired) electrons. The Morgan fingerprint density at radius 3 is 2.84 bits per heavy atom. The zero-order chi connectivity index (χ0) is 13.5. The summed E-state index contributed by atoms with van der Waals surface area (Å²) in [6.45, 7) is 4.72. The van der Waals surface area contributed by atoms with Crippen LogP contribution in [0.25, 0.3) is 0 Å². The molecule has 0 aromatic carbocycles. The average molecular weight is 262 g/mol. The molecule has 0 aliphatic carbocycles. The van der Waals surface area contributed by atoms with E-state index in [1.165, 1.54) is 19.2 Å². The van der Waals surface area contributed by atoms with Crippen molar-refractivity contribution in [2.45, 2.75) is 38.6 Å². The van der Waals surface area contributed by atoms with E-state index in [1.807, 2.05) is 4.90 Å². The fourth-order valence-electron chi connectivity index (χ4n) is 2.48. The number of nitrogens with one attached hydrogen (secondary N) is 1. The normalized spacial score (nSPS) is 19.1. The second-order valence-electron chi connectivity index (χ2n) is 5.03. The van der Waals surface area contributed by atoms with E-state index in [4.69, 9.17) is 0 Å². The van der Waals surface area contributed by atoms with E-state index < -0.39 is 0 Å². The molecule has 1 atom stereocenters. The Balaban J connectivity index is 2.00. The number of carbonyl (C=O) groups excluding carboxylic acids is 1. The van der Waals surface area contributed by atoms with Crippen LogP contribution in [0.2, 0.25) is 0 Å². The van der Waals surface area contributed by atoms with Gasteiger partial charge in [0.1, 0.15) is 6.33 Å². The number of rotatable bonds is 5. The van der Waals surface area contributed by atoms with Gasteiger partial charge in [-0.3, -0.25) is 4.79 Å². The van der Waals surface area contributed by atoms with Crippen molar-refractivity contribution in [1.82, 2.24) is 20.2 Å². The molecule has 19 heavy (non-hydrogen) atoms. The van der Waals surface area contributed by atoms with E-state index in [9.17, 15) is 4.79 Å². The van der Waals surface area contributed by atoms with Crippen molar-refractivity contribution >= 4 is 5.91 Å². The summed E-state index contributed by atoms with van der Waals surface area (Å²) in [5, 5.41) is 3.49. The van der Waals surface area contributed by atoms with Gasteiger partial charge in [0, 0.05) is 31.5 Å². The minimum atomic E-state index is 0.0369. The van der Waals surface area contributed by atoms with Crippen LogP contribution in [0.1, 0.15) is 43.0 Å². The van der Waals surface area contributed by atoms with E-state index in [0.29, 0.717) is 11.6 Å². The summed E-state index contributed by atoms with van der Waals surface area (Å²) in [7, 11) is 0. The molecule has 1 aliphatic heterocycles. The van der Waals surface area contributed by atoms with Crippen molar-refractivity contribution in [2.75, 3.05) is 19.6 Å². The second-order valence-corrected chi connectivity index (χ2v) is 5.03. The number of hydrogen-bond donors (Lipinski definition) is 1. The quantitative estimate of drug-likeness (QED) is 0.873. The summed E-state index contributed by atoms with van der Waals surface area (Å²) in [4.78, 5) is 22.2. The van der Waals surface area contributed by atoms with Gasteiger partial charge in [0.2, 0.25) is 0 Å². The van der Waals surface area contributed by atoms with Crippen LogP contribution >= 0.6 is 0 Å². The summed E-state index contributed by atoms with van der Waals surface area (Å²) in [6.07, 6.45) is 9.23. The molecule has 5 nitrogen and oxygen atoms in total. The van der Waals surface area contributed by atoms with Gasteiger partial charge in [0.15, 0.2) is 0 Å². The highest BCUT2D eigenvalue weighted by Gasteiger charge is 2.21. The maximum Gasteiger partial charge on any atom is 0.257 e. The van der Waals surface area contributed by atoms with E-state index in [0.717, 1.165) is 32.5 Å². The van der Waals surface area contributed by atoms with Crippen molar-refractivity contribution in [3.8, 4) is 0 Å². The highest BCUT2D eigenvalue weighted by Crippen LogP contribution is 2.11. The molecular weight excluding hydrogens is 240 g/mol. The van der Waals surface area contributed by atoms with Crippen LogP contribution in [0.4, 0.5) is 0 Å². The highest BCUT2D eigenvalue weighted by atomic mass is 16.2. The standard InChI is InChI=1S/C14H22N4O/c1-2-7-18(10-13-5-3-4-6-17-13)14(19)12-8-15-11-16-9-12/h8-9,11,13,17H,2-7,10H2,1H3. The molecule has 1 N–H and O–H groups in total. The van der Waals surface area contributed by atoms with Crippen molar-refractivity contribution < 1.29 is 4.79 Å². The summed E-state index contributed by atoms with van der Waals surface area (Å²) in [5.74, 6) is 0.0369. The van der Waals surface area contributed by atoms with Crippen LogP contribution in [0.15, 0.2) is 18.7 Å². The Kier molecular flexibility index (Phi) is 5.27. The van der Waals surface area contributed by atoms with Gasteiger partial charge < -0.3 is 10.2 Å². The molecule has 0 saturated carbocycles. The third-order valence-electron chi connectivity index (χ3n) is 3.44. The summed E-state index contributed by atoms with van der Waals surface area (Å²) >= 11 is 0. The van der Waals surface area contributed by atoms with E-state index in [1.54, 1.807) is 12.4 Å². The molecular formula is C14H22N4O. The Labute approximate surface area is 114 Å². The van der Waals surface area contributed by atoms with E-state index >= 15 is 0 Å². The van der Waals surface area contributed by atoms with Crippen molar-refractivity contribution in [3.63, 3.8) is 0 Å². The lowest BCUT2D eigenvalue weighted by atomic mass is 10.0. The van der Waals surface area contributed by atoms with Crippen LogP contribution in [-0.4, -0.2) is 46.5 Å². The van der Waals surface area contributed by atoms with Crippen LogP contribution < -0.4 is 5.32 Å². The van der Waals surface area contributed by atoms with E-state index in [2.05, 4.69) is 22.2 Å². The first kappa shape index (κ1) is 13.9. The summed E-state index contributed by atoms with van der Waals surface area (Å²) in [5.41, 5.74) is 0.576. The maximum atomic E-state index is 12.4. The molecule has 1 aromatic heterocycles. The molecule has 2 rings (SSSR count). The van der Waals surface area contributed by atoms with Gasteiger partial charge in [-0.1, -0.05) is 13.3 Å². The van der Waals surface area contributed by atoms with Gasteiger partial charge >= 0.3 is 0 Å². The topological polar surface area (TPSA) is 58.1 Å². The summed E-state index contributed by atoms with van der Waals surface area (Å²) < 4.78 is 0. The molecule has 1 saturated heterocycles. The molecule has 0 spiro atoms. The lowest BCUT2D eigenvalue weighted by Gasteiger charge is -2.30. The SMILES string of the molecule is CCCN(CC1CCCCN1)C(=O)c1cncnc1. The largest absolute Gasteiger partial charge is 0.337 e. The van der Waals surface area contributed by atoms with Crippen molar-refractivity contribution in [2.24, 2.45) is 0 Å². The smallest absolute Gasteiger partial charge is 0.257 e. The highest BCUT2D eigenvalue weighted by molar-refractivity contribution is 5.93. The number of hydrogen-bond acceptors (Lipinski definition) is 4. The molecule has 2 heterocycles. The Hall–Kier alpha value is -1.49. The third kappa shape index (κ3) is 3.99. The molecule has 1 aromatic rings. The predicted molar refractivity (Wildman–Crippen MR) is 73.9 cm³/mol. The number of carbonyl (C=O) groups is 1. The first-order chi connectivity index (χ1) is 9.31. The fraction of sp³-hybridized carbons (Fsp3) is 0.643. The van der Waals surface area contributed by atoms with Gasteiger partial charge in [0.05, 0.1) is 5.56 Å². The van der Waals surface area contributed by atoms with Gasteiger partial charge in [-0.2, -0.15) is 0 Å². The fourth-order valence-corrected chi connectivity index (χ4v) is 2.48. The van der Waals surface area contributed by atoms with Gasteiger partial charge in [0.25, 0.3) is 5.91 Å². The molecule has 0 bridgehead atoms. The van der Waals surface area contributed by atoms with Crippen molar-refractivity contribution in [1.29, 1.82) is 0 Å². The van der Waals surface area contributed by atoms with Gasteiger partial charge in [-0.05, 0) is 25.8 Å². The Bertz CT molecular complexity index is 390. The molecule has 1 fully saturated rings. The van der Waals surface area contributed by atoms with Crippen LogP contribution in [0.5, 0.6) is 0 Å². The Morgan fingerprint density at radius 2 is 2.21 bits per heavy atom. The third-order valence-corrected chi connectivity index (χ3v) is 3.44. The first-order valence-electron chi connectivity index (χ1n) is 7.09. The number of nitrogens with zero attached hydrogens (tertiary/aromatic N) is 3. The number of piperidine rings is 1. The second kappa shape index (κ2) is 7.19. The lowest BCUT2D eigenvalue weighted by Crippen LogP contribution is -2.46. The van der Waals surface area contributed by atoms with Crippen molar-refractivity contribution in [3.05, 3.63) is 24.3 Å². The lowest BCUT2D eigenvalue weighted by molar-refractivity contribution is 0.0731. The van der Waals surface area contributed by atoms with E-state index in [-0.39, 0.29) is 5.91 Å². The predicted octanol–water partition coefficient (Wildman–Crippen LogP) is 1.47. The van der Waals surface area contributed by atoms with Crippen LogP contribution in [0, 0.1) is 0 Å².